The lowest BCUT2D eigenvalue weighted by atomic mass is 9.80. The Morgan fingerprint density at radius 2 is 1.57 bits per heavy atom. The average molecular weight is 289 g/mol. The van der Waals surface area contributed by atoms with Crippen molar-refractivity contribution in [3.8, 4) is 11.5 Å². The van der Waals surface area contributed by atoms with Crippen LogP contribution in [0.4, 0.5) is 4.39 Å². The molecule has 2 N–H and O–H groups in total. The Hall–Kier alpha value is -2.07. The zero-order valence-corrected chi connectivity index (χ0v) is 12.5. The lowest BCUT2D eigenvalue weighted by molar-refractivity contribution is 0.357. The van der Waals surface area contributed by atoms with E-state index in [9.17, 15) is 4.39 Å². The van der Waals surface area contributed by atoms with Gasteiger partial charge in [0, 0.05) is 5.56 Å². The average Bonchev–Trinajstić information content (AvgIpc) is 2.53. The van der Waals surface area contributed by atoms with Crippen molar-refractivity contribution in [3.63, 3.8) is 0 Å². The minimum atomic E-state index is -1.02. The molecule has 112 valence electrons. The van der Waals surface area contributed by atoms with Crippen LogP contribution in [0.2, 0.25) is 0 Å². The van der Waals surface area contributed by atoms with E-state index < -0.39 is 5.54 Å². The van der Waals surface area contributed by atoms with Gasteiger partial charge in [0.15, 0.2) is 0 Å². The van der Waals surface area contributed by atoms with Crippen molar-refractivity contribution >= 4 is 0 Å². The molecular weight excluding hydrogens is 269 g/mol. The fourth-order valence-electron chi connectivity index (χ4n) is 2.62. The summed E-state index contributed by atoms with van der Waals surface area (Å²) >= 11 is 0. The van der Waals surface area contributed by atoms with Gasteiger partial charge in [-0.2, -0.15) is 0 Å². The summed E-state index contributed by atoms with van der Waals surface area (Å²) in [5.74, 6) is 0.832. The number of benzene rings is 2. The number of halogens is 1. The third-order valence-electron chi connectivity index (χ3n) is 3.79. The molecule has 4 heteroatoms. The molecule has 2 aromatic rings. The Bertz CT molecular complexity index is 608. The van der Waals surface area contributed by atoms with Crippen molar-refractivity contribution in [3.05, 3.63) is 59.4 Å². The first-order valence-corrected chi connectivity index (χ1v) is 6.83. The van der Waals surface area contributed by atoms with Crippen LogP contribution in [0.15, 0.2) is 42.5 Å². The summed E-state index contributed by atoms with van der Waals surface area (Å²) in [6.45, 7) is 1.92. The highest BCUT2D eigenvalue weighted by Gasteiger charge is 2.36. The molecule has 0 saturated carbocycles. The highest BCUT2D eigenvalue weighted by Crippen LogP contribution is 2.42. The fraction of sp³-hybridized carbons (Fsp3) is 0.294. The maximum absolute atomic E-state index is 14.3. The SMILES string of the molecule is CCC(N)(c1ccccc1F)c1c(OC)cccc1OC. The standard InChI is InChI=1S/C17H20FNO2/c1-4-17(19,12-8-5-6-9-13(12)18)16-14(20-2)10-7-11-15(16)21-3/h5-11H,4,19H2,1-3H3. The number of ether oxygens (including phenoxy) is 2. The van der Waals surface area contributed by atoms with Gasteiger partial charge >= 0.3 is 0 Å². The molecule has 0 amide bonds. The molecule has 0 saturated heterocycles. The molecule has 0 heterocycles. The molecule has 1 atom stereocenters. The van der Waals surface area contributed by atoms with Crippen LogP contribution in [-0.2, 0) is 5.54 Å². The van der Waals surface area contributed by atoms with E-state index in [0.29, 0.717) is 29.0 Å². The van der Waals surface area contributed by atoms with E-state index in [0.717, 1.165) is 0 Å². The summed E-state index contributed by atoms with van der Waals surface area (Å²) in [6, 6.07) is 12.0. The summed E-state index contributed by atoms with van der Waals surface area (Å²) in [5.41, 5.74) is 6.65. The van der Waals surface area contributed by atoms with Crippen molar-refractivity contribution in [1.82, 2.24) is 0 Å². The molecule has 0 fully saturated rings. The van der Waals surface area contributed by atoms with E-state index in [1.54, 1.807) is 44.6 Å². The van der Waals surface area contributed by atoms with Crippen LogP contribution in [0.5, 0.6) is 11.5 Å². The normalized spacial score (nSPS) is 13.6. The Kier molecular flexibility index (Phi) is 4.48. The van der Waals surface area contributed by atoms with Gasteiger partial charge in [0.2, 0.25) is 0 Å². The van der Waals surface area contributed by atoms with Crippen LogP contribution >= 0.6 is 0 Å². The highest BCUT2D eigenvalue weighted by molar-refractivity contribution is 5.54. The van der Waals surface area contributed by atoms with Crippen LogP contribution in [0.1, 0.15) is 24.5 Å². The Morgan fingerprint density at radius 1 is 1.00 bits per heavy atom. The smallest absolute Gasteiger partial charge is 0.128 e. The van der Waals surface area contributed by atoms with Crippen molar-refractivity contribution in [2.24, 2.45) is 5.73 Å². The number of rotatable bonds is 5. The van der Waals surface area contributed by atoms with Gasteiger partial charge in [-0.25, -0.2) is 4.39 Å². The Labute approximate surface area is 124 Å². The lowest BCUT2D eigenvalue weighted by Crippen LogP contribution is -2.39. The molecule has 2 aromatic carbocycles. The Balaban J connectivity index is 2.74. The predicted octanol–water partition coefficient (Wildman–Crippen LogP) is 3.46. The largest absolute Gasteiger partial charge is 0.496 e. The molecule has 0 radical (unpaired) electrons. The predicted molar refractivity (Wildman–Crippen MR) is 81.2 cm³/mol. The quantitative estimate of drug-likeness (QED) is 0.917. The van der Waals surface area contributed by atoms with Crippen molar-refractivity contribution in [2.75, 3.05) is 14.2 Å². The first-order chi connectivity index (χ1) is 10.1. The molecule has 0 bridgehead atoms. The molecule has 3 nitrogen and oxygen atoms in total. The molecule has 21 heavy (non-hydrogen) atoms. The lowest BCUT2D eigenvalue weighted by Gasteiger charge is -2.32. The van der Waals surface area contributed by atoms with Gasteiger partial charge < -0.3 is 15.2 Å². The minimum Gasteiger partial charge on any atom is -0.496 e. The van der Waals surface area contributed by atoms with Crippen LogP contribution in [-0.4, -0.2) is 14.2 Å². The van der Waals surface area contributed by atoms with Crippen LogP contribution in [0, 0.1) is 5.82 Å². The van der Waals surface area contributed by atoms with Crippen LogP contribution < -0.4 is 15.2 Å². The van der Waals surface area contributed by atoms with E-state index >= 15 is 0 Å². The first-order valence-electron chi connectivity index (χ1n) is 6.83. The van der Waals surface area contributed by atoms with Crippen molar-refractivity contribution in [1.29, 1.82) is 0 Å². The first kappa shape index (κ1) is 15.3. The topological polar surface area (TPSA) is 44.5 Å². The molecule has 1 unspecified atom stereocenters. The van der Waals surface area contributed by atoms with Crippen molar-refractivity contribution < 1.29 is 13.9 Å². The third-order valence-corrected chi connectivity index (χ3v) is 3.79. The van der Waals surface area contributed by atoms with Gasteiger partial charge in [0.25, 0.3) is 0 Å². The van der Waals surface area contributed by atoms with Gasteiger partial charge in [0.05, 0.1) is 25.3 Å². The van der Waals surface area contributed by atoms with Gasteiger partial charge in [-0.3, -0.25) is 0 Å². The number of hydrogen-bond acceptors (Lipinski definition) is 3. The molecule has 0 aromatic heterocycles. The number of nitrogens with two attached hydrogens (primary N) is 1. The second-order valence-electron chi connectivity index (χ2n) is 4.84. The summed E-state index contributed by atoms with van der Waals surface area (Å²) in [4.78, 5) is 0. The molecule has 0 aliphatic heterocycles. The van der Waals surface area contributed by atoms with Gasteiger partial charge in [-0.15, -0.1) is 0 Å². The molecular formula is C17H20FNO2. The zero-order valence-electron chi connectivity index (χ0n) is 12.5. The van der Waals surface area contributed by atoms with Gasteiger partial charge in [-0.1, -0.05) is 31.2 Å². The van der Waals surface area contributed by atoms with Crippen LogP contribution in [0.3, 0.4) is 0 Å². The van der Waals surface area contributed by atoms with Crippen molar-refractivity contribution in [2.45, 2.75) is 18.9 Å². The van der Waals surface area contributed by atoms with Gasteiger partial charge in [-0.05, 0) is 24.6 Å². The summed E-state index contributed by atoms with van der Waals surface area (Å²) in [6.07, 6.45) is 0.505. The van der Waals surface area contributed by atoms with E-state index in [2.05, 4.69) is 0 Å². The minimum absolute atomic E-state index is 0.338. The summed E-state index contributed by atoms with van der Waals surface area (Å²) in [7, 11) is 3.13. The maximum Gasteiger partial charge on any atom is 0.128 e. The fourth-order valence-corrected chi connectivity index (χ4v) is 2.62. The van der Waals surface area contributed by atoms with E-state index in [-0.39, 0.29) is 5.82 Å². The molecule has 0 spiro atoms. The summed E-state index contributed by atoms with van der Waals surface area (Å²) < 4.78 is 25.1. The molecule has 0 aliphatic rings. The van der Waals surface area contributed by atoms with E-state index in [1.807, 2.05) is 13.0 Å². The number of hydrogen-bond donors (Lipinski definition) is 1. The molecule has 2 rings (SSSR count). The van der Waals surface area contributed by atoms with E-state index in [1.165, 1.54) is 6.07 Å². The summed E-state index contributed by atoms with van der Waals surface area (Å²) in [5, 5.41) is 0. The monoisotopic (exact) mass is 289 g/mol. The Morgan fingerprint density at radius 3 is 2.05 bits per heavy atom. The van der Waals surface area contributed by atoms with Gasteiger partial charge in [0.1, 0.15) is 17.3 Å². The second-order valence-corrected chi connectivity index (χ2v) is 4.84. The van der Waals surface area contributed by atoms with E-state index in [4.69, 9.17) is 15.2 Å². The zero-order chi connectivity index (χ0) is 15.5. The second kappa shape index (κ2) is 6.14. The molecule has 0 aliphatic carbocycles. The maximum atomic E-state index is 14.3. The number of methoxy groups -OCH3 is 2. The third kappa shape index (κ3) is 2.59. The van der Waals surface area contributed by atoms with Crippen LogP contribution in [0.25, 0.3) is 0 Å². The highest BCUT2D eigenvalue weighted by atomic mass is 19.1.